The highest BCUT2D eigenvalue weighted by atomic mass is 16.3. The molecule has 0 aliphatic carbocycles. The fourth-order valence-electron chi connectivity index (χ4n) is 2.80. The smallest absolute Gasteiger partial charge is 0.236 e. The zero-order chi connectivity index (χ0) is 13.0. The van der Waals surface area contributed by atoms with Crippen molar-refractivity contribution in [1.29, 1.82) is 0 Å². The molecule has 5 heteroatoms. The number of likely N-dealkylation sites (tertiary alicyclic amines) is 1. The van der Waals surface area contributed by atoms with E-state index in [4.69, 9.17) is 0 Å². The number of piperidine rings is 1. The molecule has 2 rings (SSSR count). The third-order valence-electron chi connectivity index (χ3n) is 4.15. The normalized spacial score (nSPS) is 27.4. The van der Waals surface area contributed by atoms with Crippen molar-refractivity contribution < 1.29 is 9.90 Å². The van der Waals surface area contributed by atoms with Crippen molar-refractivity contribution >= 4 is 5.91 Å². The van der Waals surface area contributed by atoms with Crippen LogP contribution in [0.2, 0.25) is 0 Å². The topological polar surface area (TPSA) is 47.0 Å². The van der Waals surface area contributed by atoms with E-state index in [-0.39, 0.29) is 18.6 Å². The van der Waals surface area contributed by atoms with Gasteiger partial charge in [-0.05, 0) is 26.4 Å². The second-order valence-corrected chi connectivity index (χ2v) is 5.49. The Morgan fingerprint density at radius 1 is 1.17 bits per heavy atom. The molecule has 0 saturated carbocycles. The number of rotatable bonds is 3. The molecule has 2 fully saturated rings. The number of carbonyl (C=O) groups is 1. The van der Waals surface area contributed by atoms with Crippen LogP contribution in [0, 0.1) is 0 Å². The van der Waals surface area contributed by atoms with Gasteiger partial charge in [-0.2, -0.15) is 0 Å². The molecule has 0 aromatic heterocycles. The number of piperazine rings is 1. The van der Waals surface area contributed by atoms with Crippen molar-refractivity contribution in [1.82, 2.24) is 14.7 Å². The van der Waals surface area contributed by atoms with Gasteiger partial charge in [0.1, 0.15) is 0 Å². The van der Waals surface area contributed by atoms with Gasteiger partial charge in [0.2, 0.25) is 5.91 Å². The molecule has 1 amide bonds. The lowest BCUT2D eigenvalue weighted by atomic mass is 10.0. The van der Waals surface area contributed by atoms with Crippen LogP contribution < -0.4 is 0 Å². The maximum Gasteiger partial charge on any atom is 0.236 e. The first-order valence-electron chi connectivity index (χ1n) is 7.02. The van der Waals surface area contributed by atoms with Gasteiger partial charge in [-0.15, -0.1) is 0 Å². The van der Waals surface area contributed by atoms with Crippen LogP contribution >= 0.6 is 0 Å². The van der Waals surface area contributed by atoms with Gasteiger partial charge in [0.15, 0.2) is 0 Å². The number of hydrogen-bond acceptors (Lipinski definition) is 4. The second-order valence-electron chi connectivity index (χ2n) is 5.49. The number of nitrogens with zero attached hydrogens (tertiary/aromatic N) is 3. The number of amides is 1. The molecule has 0 aromatic carbocycles. The maximum absolute atomic E-state index is 12.2. The number of carbonyl (C=O) groups excluding carboxylic acids is 1. The highest BCUT2D eigenvalue weighted by Gasteiger charge is 2.26. The van der Waals surface area contributed by atoms with Gasteiger partial charge >= 0.3 is 0 Å². The van der Waals surface area contributed by atoms with Gasteiger partial charge in [-0.3, -0.25) is 9.69 Å². The fraction of sp³-hybridized carbons (Fsp3) is 0.923. The van der Waals surface area contributed by atoms with Crippen LogP contribution in [0.25, 0.3) is 0 Å². The molecular weight excluding hydrogens is 230 g/mol. The Morgan fingerprint density at radius 3 is 2.56 bits per heavy atom. The standard InChI is InChI=1S/C13H25N3O2/c1-14-6-8-15(9-7-14)13(18)10-16-5-3-2-4-12(16)11-17/h12,17H,2-11H2,1H3. The summed E-state index contributed by atoms with van der Waals surface area (Å²) in [6, 6.07) is 0.190. The van der Waals surface area contributed by atoms with Crippen LogP contribution in [0.1, 0.15) is 19.3 Å². The molecule has 0 radical (unpaired) electrons. The summed E-state index contributed by atoms with van der Waals surface area (Å²) in [5.74, 6) is 0.225. The largest absolute Gasteiger partial charge is 0.395 e. The van der Waals surface area contributed by atoms with E-state index in [2.05, 4.69) is 16.8 Å². The summed E-state index contributed by atoms with van der Waals surface area (Å²) >= 11 is 0. The van der Waals surface area contributed by atoms with Gasteiger partial charge in [-0.25, -0.2) is 0 Å². The Morgan fingerprint density at radius 2 is 1.89 bits per heavy atom. The first kappa shape index (κ1) is 13.8. The summed E-state index contributed by atoms with van der Waals surface area (Å²) in [5.41, 5.74) is 0. The van der Waals surface area contributed by atoms with Crippen molar-refractivity contribution in [3.8, 4) is 0 Å². The number of likely N-dealkylation sites (N-methyl/N-ethyl adjacent to an activating group) is 1. The van der Waals surface area contributed by atoms with E-state index >= 15 is 0 Å². The van der Waals surface area contributed by atoms with Crippen LogP contribution in [0.15, 0.2) is 0 Å². The minimum atomic E-state index is 0.177. The number of aliphatic hydroxyl groups is 1. The maximum atomic E-state index is 12.2. The van der Waals surface area contributed by atoms with E-state index in [0.29, 0.717) is 6.54 Å². The van der Waals surface area contributed by atoms with Crippen LogP contribution in [0.5, 0.6) is 0 Å². The summed E-state index contributed by atoms with van der Waals surface area (Å²) in [5, 5.41) is 9.35. The van der Waals surface area contributed by atoms with Gasteiger partial charge < -0.3 is 14.9 Å². The molecule has 0 spiro atoms. The molecule has 2 saturated heterocycles. The second kappa shape index (κ2) is 6.50. The highest BCUT2D eigenvalue weighted by molar-refractivity contribution is 5.78. The zero-order valence-corrected chi connectivity index (χ0v) is 11.3. The minimum Gasteiger partial charge on any atom is -0.395 e. The lowest BCUT2D eigenvalue weighted by Gasteiger charge is -2.37. The van der Waals surface area contributed by atoms with Crippen molar-refractivity contribution in [3.63, 3.8) is 0 Å². The average Bonchev–Trinajstić information content (AvgIpc) is 2.40. The van der Waals surface area contributed by atoms with Crippen LogP contribution in [0.4, 0.5) is 0 Å². The van der Waals surface area contributed by atoms with Crippen molar-refractivity contribution in [2.24, 2.45) is 0 Å². The molecule has 1 unspecified atom stereocenters. The van der Waals surface area contributed by atoms with E-state index in [1.807, 2.05) is 4.90 Å². The zero-order valence-electron chi connectivity index (χ0n) is 11.3. The Bertz CT molecular complexity index is 277. The Hall–Kier alpha value is -0.650. The molecule has 0 bridgehead atoms. The van der Waals surface area contributed by atoms with E-state index in [0.717, 1.165) is 45.6 Å². The molecule has 1 N–H and O–H groups in total. The molecule has 104 valence electrons. The van der Waals surface area contributed by atoms with Gasteiger partial charge in [0.05, 0.1) is 13.2 Å². The Kier molecular flexibility index (Phi) is 4.97. The quantitative estimate of drug-likeness (QED) is 0.746. The first-order chi connectivity index (χ1) is 8.70. The summed E-state index contributed by atoms with van der Waals surface area (Å²) < 4.78 is 0. The molecule has 1 atom stereocenters. The third-order valence-corrected chi connectivity index (χ3v) is 4.15. The minimum absolute atomic E-state index is 0.177. The summed E-state index contributed by atoms with van der Waals surface area (Å²) in [4.78, 5) is 18.6. The number of aliphatic hydroxyl groups excluding tert-OH is 1. The molecule has 0 aromatic rings. The van der Waals surface area contributed by atoms with E-state index in [1.54, 1.807) is 0 Å². The lowest BCUT2D eigenvalue weighted by molar-refractivity contribution is -0.135. The van der Waals surface area contributed by atoms with Crippen molar-refractivity contribution in [3.05, 3.63) is 0 Å². The van der Waals surface area contributed by atoms with E-state index < -0.39 is 0 Å². The summed E-state index contributed by atoms with van der Waals surface area (Å²) in [6.45, 7) is 5.22. The average molecular weight is 255 g/mol. The lowest BCUT2D eigenvalue weighted by Crippen LogP contribution is -2.52. The van der Waals surface area contributed by atoms with Crippen molar-refractivity contribution in [2.75, 3.05) is 52.9 Å². The molecule has 18 heavy (non-hydrogen) atoms. The highest BCUT2D eigenvalue weighted by Crippen LogP contribution is 2.16. The SMILES string of the molecule is CN1CCN(C(=O)CN2CCCCC2CO)CC1. The molecule has 2 aliphatic heterocycles. The van der Waals surface area contributed by atoms with Crippen molar-refractivity contribution in [2.45, 2.75) is 25.3 Å². The molecular formula is C13H25N3O2. The predicted molar refractivity (Wildman–Crippen MR) is 70.4 cm³/mol. The summed E-state index contributed by atoms with van der Waals surface area (Å²) in [6.07, 6.45) is 3.34. The molecule has 2 heterocycles. The monoisotopic (exact) mass is 255 g/mol. The van der Waals surface area contributed by atoms with Crippen LogP contribution in [-0.2, 0) is 4.79 Å². The van der Waals surface area contributed by atoms with Gasteiger partial charge in [-0.1, -0.05) is 6.42 Å². The van der Waals surface area contributed by atoms with Gasteiger partial charge in [0.25, 0.3) is 0 Å². The van der Waals surface area contributed by atoms with Crippen LogP contribution in [0.3, 0.4) is 0 Å². The molecule has 2 aliphatic rings. The van der Waals surface area contributed by atoms with Crippen LogP contribution in [-0.4, -0.2) is 84.7 Å². The van der Waals surface area contributed by atoms with Gasteiger partial charge in [0, 0.05) is 32.2 Å². The van der Waals surface area contributed by atoms with E-state index in [1.165, 1.54) is 6.42 Å². The molecule has 5 nitrogen and oxygen atoms in total. The first-order valence-corrected chi connectivity index (χ1v) is 7.02. The van der Waals surface area contributed by atoms with E-state index in [9.17, 15) is 9.90 Å². The Balaban J connectivity index is 1.82. The third kappa shape index (κ3) is 3.43. The fourth-order valence-corrected chi connectivity index (χ4v) is 2.80. The summed E-state index contributed by atoms with van der Waals surface area (Å²) in [7, 11) is 2.09. The Labute approximate surface area is 109 Å². The predicted octanol–water partition coefficient (Wildman–Crippen LogP) is -0.393. The number of hydrogen-bond donors (Lipinski definition) is 1.